The summed E-state index contributed by atoms with van der Waals surface area (Å²) in [5, 5.41) is 0. The summed E-state index contributed by atoms with van der Waals surface area (Å²) in [6.07, 6.45) is 1.09. The molecule has 1 amide bonds. The zero-order valence-electron chi connectivity index (χ0n) is 15.7. The molecule has 0 radical (unpaired) electrons. The third kappa shape index (κ3) is 4.62. The Labute approximate surface area is 161 Å². The highest BCUT2D eigenvalue weighted by Crippen LogP contribution is 2.38. The Morgan fingerprint density at radius 1 is 1.32 bits per heavy atom. The van der Waals surface area contributed by atoms with E-state index in [0.29, 0.717) is 6.07 Å². The van der Waals surface area contributed by atoms with E-state index in [2.05, 4.69) is 6.58 Å². The Morgan fingerprint density at radius 2 is 2.04 bits per heavy atom. The van der Waals surface area contributed by atoms with Crippen LogP contribution in [0.2, 0.25) is 0 Å². The predicted molar refractivity (Wildman–Crippen MR) is 95.9 cm³/mol. The minimum Gasteiger partial charge on any atom is -0.465 e. The maximum Gasteiger partial charge on any atom is 0.336 e. The summed E-state index contributed by atoms with van der Waals surface area (Å²) in [7, 11) is 0. The van der Waals surface area contributed by atoms with Crippen molar-refractivity contribution in [2.75, 3.05) is 19.8 Å². The molecule has 1 aliphatic heterocycles. The molecule has 8 heteroatoms. The number of halogens is 2. The molecule has 28 heavy (non-hydrogen) atoms. The monoisotopic (exact) mass is 393 g/mol. The van der Waals surface area contributed by atoms with E-state index in [0.717, 1.165) is 11.0 Å². The minimum absolute atomic E-state index is 0.00422. The predicted octanol–water partition coefficient (Wildman–Crippen LogP) is 2.85. The summed E-state index contributed by atoms with van der Waals surface area (Å²) >= 11 is 0. The van der Waals surface area contributed by atoms with Gasteiger partial charge in [-0.3, -0.25) is 9.59 Å². The van der Waals surface area contributed by atoms with E-state index in [1.807, 2.05) is 0 Å². The molecular formula is C20H21F2NO5. The molecule has 1 unspecified atom stereocenters. The molecule has 0 aliphatic carbocycles. The molecule has 0 N–H and O–H groups in total. The van der Waals surface area contributed by atoms with Crippen molar-refractivity contribution in [2.24, 2.45) is 0 Å². The summed E-state index contributed by atoms with van der Waals surface area (Å²) in [6, 6.07) is 2.93. The lowest BCUT2D eigenvalue weighted by Crippen LogP contribution is -2.41. The van der Waals surface area contributed by atoms with Crippen LogP contribution in [0.1, 0.15) is 31.7 Å². The molecule has 1 aliphatic rings. The molecule has 6 nitrogen and oxygen atoms in total. The molecule has 2 rings (SSSR count). The average molecular weight is 393 g/mol. The van der Waals surface area contributed by atoms with Gasteiger partial charge in [0.1, 0.15) is 24.8 Å². The summed E-state index contributed by atoms with van der Waals surface area (Å²) < 4.78 is 37.6. The number of rotatable bonds is 7. The maximum absolute atomic E-state index is 14.4. The number of carbonyl (C=O) groups is 3. The molecule has 0 fully saturated rings. The van der Waals surface area contributed by atoms with Gasteiger partial charge in [-0.1, -0.05) is 18.7 Å². The maximum atomic E-state index is 14.4. The number of benzene rings is 1. The molecule has 0 aromatic heterocycles. The Morgan fingerprint density at radius 3 is 2.64 bits per heavy atom. The molecule has 0 bridgehead atoms. The Balaban J connectivity index is 2.51. The van der Waals surface area contributed by atoms with Crippen LogP contribution in [-0.4, -0.2) is 42.5 Å². The number of hydrogen-bond acceptors (Lipinski definition) is 5. The van der Waals surface area contributed by atoms with Gasteiger partial charge in [-0.2, -0.15) is 0 Å². The first-order valence-corrected chi connectivity index (χ1v) is 8.69. The van der Waals surface area contributed by atoms with Gasteiger partial charge in [-0.25, -0.2) is 13.6 Å². The van der Waals surface area contributed by atoms with Crippen LogP contribution in [0, 0.1) is 11.6 Å². The highest BCUT2D eigenvalue weighted by atomic mass is 19.1. The SMILES string of the molecule is C=CCOC(=O)C1=C(C)N(CC(=O)OCC)C(=O)CC1c1ccc(F)cc1F. The first-order valence-electron chi connectivity index (χ1n) is 8.69. The van der Waals surface area contributed by atoms with E-state index in [1.165, 1.54) is 19.1 Å². The quantitative estimate of drug-likeness (QED) is 0.526. The Kier molecular flexibility index (Phi) is 7.03. The topological polar surface area (TPSA) is 72.9 Å². The van der Waals surface area contributed by atoms with Crippen LogP contribution in [-0.2, 0) is 23.9 Å². The van der Waals surface area contributed by atoms with Crippen molar-refractivity contribution in [1.82, 2.24) is 4.90 Å². The number of amides is 1. The zero-order chi connectivity index (χ0) is 20.8. The van der Waals surface area contributed by atoms with E-state index >= 15 is 0 Å². The molecule has 1 aromatic rings. The van der Waals surface area contributed by atoms with Gasteiger partial charge in [0, 0.05) is 24.1 Å². The third-order valence-electron chi connectivity index (χ3n) is 4.31. The van der Waals surface area contributed by atoms with Crippen LogP contribution in [0.5, 0.6) is 0 Å². The van der Waals surface area contributed by atoms with Crippen LogP contribution in [0.15, 0.2) is 42.1 Å². The lowest BCUT2D eigenvalue weighted by molar-refractivity contribution is -0.149. The van der Waals surface area contributed by atoms with E-state index in [4.69, 9.17) is 9.47 Å². The Hall–Kier alpha value is -3.03. The van der Waals surface area contributed by atoms with Crippen molar-refractivity contribution in [2.45, 2.75) is 26.2 Å². The first kappa shape index (κ1) is 21.3. The van der Waals surface area contributed by atoms with Crippen molar-refractivity contribution in [3.05, 3.63) is 59.3 Å². The van der Waals surface area contributed by atoms with Crippen molar-refractivity contribution in [3.8, 4) is 0 Å². The van der Waals surface area contributed by atoms with Crippen molar-refractivity contribution >= 4 is 17.8 Å². The van der Waals surface area contributed by atoms with E-state index in [1.54, 1.807) is 6.92 Å². The number of nitrogens with zero attached hydrogens (tertiary/aromatic N) is 1. The number of allylic oxidation sites excluding steroid dienone is 1. The molecule has 150 valence electrons. The number of hydrogen-bond donors (Lipinski definition) is 0. The molecule has 0 spiro atoms. The van der Waals surface area contributed by atoms with Gasteiger partial charge in [-0.05, 0) is 25.5 Å². The van der Waals surface area contributed by atoms with Crippen LogP contribution in [0.4, 0.5) is 8.78 Å². The van der Waals surface area contributed by atoms with Crippen LogP contribution < -0.4 is 0 Å². The largest absolute Gasteiger partial charge is 0.465 e. The second-order valence-corrected chi connectivity index (χ2v) is 6.09. The lowest BCUT2D eigenvalue weighted by atomic mass is 9.83. The number of carbonyl (C=O) groups excluding carboxylic acids is 3. The summed E-state index contributed by atoms with van der Waals surface area (Å²) in [5.74, 6) is -4.52. The molecule has 0 saturated heterocycles. The standard InChI is InChI=1S/C20H21F2NO5/c1-4-8-28-20(26)19-12(3)23(11-18(25)27-5-2)17(24)10-15(19)14-7-6-13(21)9-16(14)22/h4,6-7,9,15H,1,5,8,10-11H2,2-3H3. The van der Waals surface area contributed by atoms with Gasteiger partial charge in [0.15, 0.2) is 0 Å². The second-order valence-electron chi connectivity index (χ2n) is 6.09. The van der Waals surface area contributed by atoms with E-state index < -0.39 is 35.4 Å². The number of ether oxygens (including phenoxy) is 2. The minimum atomic E-state index is -0.969. The summed E-state index contributed by atoms with van der Waals surface area (Å²) in [5.41, 5.74) is 0.179. The first-order chi connectivity index (χ1) is 13.3. The highest BCUT2D eigenvalue weighted by molar-refractivity contribution is 5.96. The molecule has 1 aromatic carbocycles. The fourth-order valence-corrected chi connectivity index (χ4v) is 3.07. The van der Waals surface area contributed by atoms with E-state index in [9.17, 15) is 23.2 Å². The van der Waals surface area contributed by atoms with Gasteiger partial charge >= 0.3 is 11.9 Å². The summed E-state index contributed by atoms with van der Waals surface area (Å²) in [6.45, 7) is 6.24. The second kappa shape index (κ2) is 9.25. The van der Waals surface area contributed by atoms with Gasteiger partial charge < -0.3 is 14.4 Å². The van der Waals surface area contributed by atoms with Gasteiger partial charge in [0.2, 0.25) is 5.91 Å². The number of esters is 2. The zero-order valence-corrected chi connectivity index (χ0v) is 15.7. The molecule has 0 saturated carbocycles. The van der Waals surface area contributed by atoms with Crippen molar-refractivity contribution < 1.29 is 32.6 Å². The highest BCUT2D eigenvalue weighted by Gasteiger charge is 2.38. The smallest absolute Gasteiger partial charge is 0.336 e. The molecule has 1 heterocycles. The van der Waals surface area contributed by atoms with Crippen molar-refractivity contribution in [3.63, 3.8) is 0 Å². The molecular weight excluding hydrogens is 372 g/mol. The van der Waals surface area contributed by atoms with Crippen LogP contribution in [0.3, 0.4) is 0 Å². The van der Waals surface area contributed by atoms with Gasteiger partial charge in [-0.15, -0.1) is 0 Å². The fourth-order valence-electron chi connectivity index (χ4n) is 3.07. The van der Waals surface area contributed by atoms with Gasteiger partial charge in [0.25, 0.3) is 0 Å². The normalized spacial score (nSPS) is 16.8. The van der Waals surface area contributed by atoms with Gasteiger partial charge in [0.05, 0.1) is 12.2 Å². The molecule has 1 atom stereocenters. The Bertz CT molecular complexity index is 834. The summed E-state index contributed by atoms with van der Waals surface area (Å²) in [4.78, 5) is 38.2. The van der Waals surface area contributed by atoms with Crippen LogP contribution >= 0.6 is 0 Å². The average Bonchev–Trinajstić information content (AvgIpc) is 2.63. The fraction of sp³-hybridized carbons (Fsp3) is 0.350. The van der Waals surface area contributed by atoms with Crippen LogP contribution in [0.25, 0.3) is 0 Å². The van der Waals surface area contributed by atoms with E-state index in [-0.39, 0.29) is 43.0 Å². The van der Waals surface area contributed by atoms with Crippen molar-refractivity contribution in [1.29, 1.82) is 0 Å². The lowest BCUT2D eigenvalue weighted by Gasteiger charge is -2.33. The third-order valence-corrected chi connectivity index (χ3v) is 4.31.